The Kier molecular flexibility index (Phi) is 8.58. The van der Waals surface area contributed by atoms with Crippen LogP contribution in [-0.2, 0) is 20.3 Å². The molecule has 3 aromatic rings. The number of hydrogen-bond donors (Lipinski definition) is 1. The van der Waals surface area contributed by atoms with Crippen molar-refractivity contribution in [2.24, 2.45) is 0 Å². The second-order valence-electron chi connectivity index (χ2n) is 8.56. The van der Waals surface area contributed by atoms with E-state index >= 15 is 0 Å². The molecule has 190 valence electrons. The van der Waals surface area contributed by atoms with E-state index in [1.807, 2.05) is 18.2 Å². The lowest BCUT2D eigenvalue weighted by Crippen LogP contribution is -2.38. The van der Waals surface area contributed by atoms with Gasteiger partial charge in [-0.25, -0.2) is 8.42 Å². The predicted molar refractivity (Wildman–Crippen MR) is 140 cm³/mol. The largest absolute Gasteiger partial charge is 0.492 e. The maximum Gasteiger partial charge on any atom is 0.255 e. The van der Waals surface area contributed by atoms with Gasteiger partial charge in [0.2, 0.25) is 0 Å². The molecule has 0 saturated carbocycles. The van der Waals surface area contributed by atoms with Crippen LogP contribution in [0.4, 0.5) is 5.69 Å². The summed E-state index contributed by atoms with van der Waals surface area (Å²) in [5, 5.41) is 3.40. The fourth-order valence-electron chi connectivity index (χ4n) is 3.87. The van der Waals surface area contributed by atoms with E-state index in [1.54, 1.807) is 42.6 Å². The number of halogens is 1. The Balaban J connectivity index is 1.51. The minimum Gasteiger partial charge on any atom is -0.492 e. The molecule has 10 heteroatoms. The van der Waals surface area contributed by atoms with Crippen molar-refractivity contribution in [3.05, 3.63) is 76.9 Å². The number of benzene rings is 2. The molecule has 1 amide bonds. The molecule has 1 fully saturated rings. The van der Waals surface area contributed by atoms with Gasteiger partial charge in [-0.05, 0) is 42.5 Å². The fraction of sp³-hybridized carbons (Fsp3) is 0.308. The zero-order valence-corrected chi connectivity index (χ0v) is 21.5. The Morgan fingerprint density at radius 3 is 2.67 bits per heavy atom. The molecule has 1 aliphatic rings. The van der Waals surface area contributed by atoms with E-state index in [1.165, 1.54) is 6.26 Å². The van der Waals surface area contributed by atoms with Crippen molar-refractivity contribution in [2.45, 2.75) is 5.75 Å². The van der Waals surface area contributed by atoms with Crippen LogP contribution in [0.5, 0.6) is 5.75 Å². The number of nitrogens with one attached hydrogen (secondary N) is 1. The van der Waals surface area contributed by atoms with Gasteiger partial charge in [0, 0.05) is 54.5 Å². The number of carbonyl (C=O) groups is 1. The smallest absolute Gasteiger partial charge is 0.255 e. The van der Waals surface area contributed by atoms with Crippen LogP contribution in [0.2, 0.25) is 5.02 Å². The minimum atomic E-state index is -3.29. The molecule has 1 saturated heterocycles. The first-order valence-electron chi connectivity index (χ1n) is 11.5. The summed E-state index contributed by atoms with van der Waals surface area (Å²) in [5.41, 5.74) is 2.81. The highest BCUT2D eigenvalue weighted by molar-refractivity contribution is 7.89. The van der Waals surface area contributed by atoms with Crippen LogP contribution in [0.25, 0.3) is 11.3 Å². The first kappa shape index (κ1) is 26.1. The standard InChI is InChI=1S/C26H28ClN3O5S/c1-36(32,33)18-20-6-5-19(16-25(20)35-15-12-30-10-13-34-14-11-30)26(31)29-21-7-8-23(27)22(17-21)24-4-2-3-9-28-24/h2-9,16-17H,10-15,18H2,1H3,(H,29,31). The maximum absolute atomic E-state index is 13.1. The second kappa shape index (κ2) is 11.8. The molecular formula is C26H28ClN3O5S. The summed E-state index contributed by atoms with van der Waals surface area (Å²) < 4.78 is 35.2. The molecule has 1 N–H and O–H groups in total. The average molecular weight is 530 g/mol. The van der Waals surface area contributed by atoms with Crippen LogP contribution in [0.1, 0.15) is 15.9 Å². The maximum atomic E-state index is 13.1. The minimum absolute atomic E-state index is 0.174. The Morgan fingerprint density at radius 2 is 1.94 bits per heavy atom. The molecule has 2 aromatic carbocycles. The number of anilines is 1. The number of ether oxygens (including phenoxy) is 2. The molecule has 1 aromatic heterocycles. The Bertz CT molecular complexity index is 1310. The third-order valence-electron chi connectivity index (χ3n) is 5.68. The van der Waals surface area contributed by atoms with E-state index < -0.39 is 9.84 Å². The number of amides is 1. The second-order valence-corrected chi connectivity index (χ2v) is 11.1. The van der Waals surface area contributed by atoms with Gasteiger partial charge in [-0.15, -0.1) is 0 Å². The van der Waals surface area contributed by atoms with Gasteiger partial charge in [0.05, 0.1) is 29.7 Å². The van der Waals surface area contributed by atoms with E-state index in [9.17, 15) is 13.2 Å². The van der Waals surface area contributed by atoms with Gasteiger partial charge in [-0.3, -0.25) is 14.7 Å². The van der Waals surface area contributed by atoms with Crippen LogP contribution in [0.15, 0.2) is 60.8 Å². The van der Waals surface area contributed by atoms with E-state index in [0.717, 1.165) is 13.1 Å². The van der Waals surface area contributed by atoms with E-state index in [-0.39, 0.29) is 11.7 Å². The predicted octanol–water partition coefficient (Wildman–Crippen LogP) is 3.91. The lowest BCUT2D eigenvalue weighted by molar-refractivity contribution is 0.0322. The zero-order valence-electron chi connectivity index (χ0n) is 19.9. The lowest BCUT2D eigenvalue weighted by atomic mass is 10.1. The highest BCUT2D eigenvalue weighted by Gasteiger charge is 2.17. The number of nitrogens with zero attached hydrogens (tertiary/aromatic N) is 2. The van der Waals surface area contributed by atoms with Crippen molar-refractivity contribution in [3.63, 3.8) is 0 Å². The summed E-state index contributed by atoms with van der Waals surface area (Å²) in [7, 11) is -3.29. The summed E-state index contributed by atoms with van der Waals surface area (Å²) in [6, 6.07) is 15.5. The van der Waals surface area contributed by atoms with Gasteiger partial charge in [-0.1, -0.05) is 23.7 Å². The molecule has 0 bridgehead atoms. The number of aromatic nitrogens is 1. The van der Waals surface area contributed by atoms with Gasteiger partial charge in [0.25, 0.3) is 5.91 Å². The zero-order chi connectivity index (χ0) is 25.5. The number of hydrogen-bond acceptors (Lipinski definition) is 7. The average Bonchev–Trinajstić information content (AvgIpc) is 2.86. The normalized spacial score (nSPS) is 14.4. The summed E-state index contributed by atoms with van der Waals surface area (Å²) in [6.45, 7) is 4.06. The van der Waals surface area contributed by atoms with E-state index in [4.69, 9.17) is 21.1 Å². The molecule has 0 aliphatic carbocycles. The summed E-state index contributed by atoms with van der Waals surface area (Å²) >= 11 is 6.35. The highest BCUT2D eigenvalue weighted by Crippen LogP contribution is 2.30. The van der Waals surface area contributed by atoms with Crippen LogP contribution in [0, 0.1) is 0 Å². The summed E-state index contributed by atoms with van der Waals surface area (Å²) in [5.74, 6) is -0.147. The van der Waals surface area contributed by atoms with Crippen LogP contribution < -0.4 is 10.1 Å². The Labute approximate surface area is 216 Å². The van der Waals surface area contributed by atoms with Gasteiger partial charge < -0.3 is 14.8 Å². The van der Waals surface area contributed by atoms with E-state index in [0.29, 0.717) is 65.2 Å². The lowest BCUT2D eigenvalue weighted by Gasteiger charge is -2.26. The third-order valence-corrected chi connectivity index (χ3v) is 6.85. The van der Waals surface area contributed by atoms with Gasteiger partial charge in [-0.2, -0.15) is 0 Å². The van der Waals surface area contributed by atoms with Gasteiger partial charge >= 0.3 is 0 Å². The molecule has 1 aliphatic heterocycles. The number of pyridine rings is 1. The monoisotopic (exact) mass is 529 g/mol. The number of carbonyl (C=O) groups excluding carboxylic acids is 1. The molecule has 0 atom stereocenters. The topological polar surface area (TPSA) is 97.8 Å². The Morgan fingerprint density at radius 1 is 1.14 bits per heavy atom. The molecule has 0 unspecified atom stereocenters. The quantitative estimate of drug-likeness (QED) is 0.449. The number of sulfone groups is 1. The molecular weight excluding hydrogens is 502 g/mol. The van der Waals surface area contributed by atoms with Crippen molar-refractivity contribution in [1.29, 1.82) is 0 Å². The number of rotatable bonds is 9. The summed E-state index contributed by atoms with van der Waals surface area (Å²) in [4.78, 5) is 19.6. The third kappa shape index (κ3) is 7.27. The van der Waals surface area contributed by atoms with Gasteiger partial charge in [0.15, 0.2) is 9.84 Å². The first-order chi connectivity index (χ1) is 17.3. The van der Waals surface area contributed by atoms with E-state index in [2.05, 4.69) is 15.2 Å². The molecule has 0 spiro atoms. The fourth-order valence-corrected chi connectivity index (χ4v) is 4.88. The van der Waals surface area contributed by atoms with Crippen molar-refractivity contribution >= 4 is 33.0 Å². The molecule has 8 nitrogen and oxygen atoms in total. The Hall–Kier alpha value is -2.98. The number of morpholine rings is 1. The van der Waals surface area contributed by atoms with Crippen molar-refractivity contribution in [3.8, 4) is 17.0 Å². The molecule has 4 rings (SSSR count). The van der Waals surface area contributed by atoms with Gasteiger partial charge in [0.1, 0.15) is 12.4 Å². The van der Waals surface area contributed by atoms with Crippen molar-refractivity contribution < 1.29 is 22.7 Å². The highest BCUT2D eigenvalue weighted by atomic mass is 35.5. The first-order valence-corrected chi connectivity index (χ1v) is 14.0. The van der Waals surface area contributed by atoms with Crippen LogP contribution in [-0.4, -0.2) is 69.9 Å². The van der Waals surface area contributed by atoms with Crippen molar-refractivity contribution in [2.75, 3.05) is 51.0 Å². The SMILES string of the molecule is CS(=O)(=O)Cc1ccc(C(=O)Nc2ccc(Cl)c(-c3ccccn3)c2)cc1OCCN1CCOCC1. The molecule has 2 heterocycles. The molecule has 36 heavy (non-hydrogen) atoms. The van der Waals surface area contributed by atoms with Crippen LogP contribution >= 0.6 is 11.6 Å². The molecule has 0 radical (unpaired) electrons. The van der Waals surface area contributed by atoms with Crippen molar-refractivity contribution in [1.82, 2.24) is 9.88 Å². The van der Waals surface area contributed by atoms with Crippen LogP contribution in [0.3, 0.4) is 0 Å². The summed E-state index contributed by atoms with van der Waals surface area (Å²) in [6.07, 6.45) is 2.85.